The van der Waals surface area contributed by atoms with Gasteiger partial charge in [0.05, 0.1) is 4.90 Å². The zero-order valence-corrected chi connectivity index (χ0v) is 19.4. The molecule has 0 N–H and O–H groups in total. The predicted octanol–water partition coefficient (Wildman–Crippen LogP) is 3.36. The van der Waals surface area contributed by atoms with E-state index in [1.807, 2.05) is 11.8 Å². The van der Waals surface area contributed by atoms with Crippen LogP contribution in [0.5, 0.6) is 0 Å². The Labute approximate surface area is 185 Å². The molecule has 2 aliphatic rings. The van der Waals surface area contributed by atoms with Gasteiger partial charge in [-0.05, 0) is 68.5 Å². The van der Waals surface area contributed by atoms with Crippen LogP contribution in [0.15, 0.2) is 41.3 Å². The molecule has 4 rings (SSSR count). The molecular formula is C24H31N3O3S. The molecule has 6 nitrogen and oxygen atoms in total. The van der Waals surface area contributed by atoms with Crippen molar-refractivity contribution in [2.45, 2.75) is 38.5 Å². The van der Waals surface area contributed by atoms with Gasteiger partial charge in [0.2, 0.25) is 10.0 Å². The van der Waals surface area contributed by atoms with Crippen LogP contribution < -0.4 is 4.90 Å². The number of sulfonamides is 1. The van der Waals surface area contributed by atoms with E-state index in [1.54, 1.807) is 18.2 Å². The van der Waals surface area contributed by atoms with Crippen LogP contribution in [-0.2, 0) is 10.0 Å². The number of hydrogen-bond donors (Lipinski definition) is 0. The van der Waals surface area contributed by atoms with Crippen molar-refractivity contribution in [3.63, 3.8) is 0 Å². The minimum atomic E-state index is -3.54. The molecule has 0 unspecified atom stereocenters. The van der Waals surface area contributed by atoms with Crippen LogP contribution in [0.2, 0.25) is 0 Å². The van der Waals surface area contributed by atoms with E-state index in [0.717, 1.165) is 31.5 Å². The molecular weight excluding hydrogens is 410 g/mol. The number of anilines is 1. The third kappa shape index (κ3) is 4.21. The fourth-order valence-corrected chi connectivity index (χ4v) is 6.01. The smallest absolute Gasteiger partial charge is 0.254 e. The highest BCUT2D eigenvalue weighted by molar-refractivity contribution is 7.89. The zero-order valence-electron chi connectivity index (χ0n) is 18.6. The van der Waals surface area contributed by atoms with Gasteiger partial charge in [-0.2, -0.15) is 4.31 Å². The van der Waals surface area contributed by atoms with E-state index in [1.165, 1.54) is 21.1 Å². The third-order valence-corrected chi connectivity index (χ3v) is 8.52. The first-order valence-electron chi connectivity index (χ1n) is 11.0. The van der Waals surface area contributed by atoms with Gasteiger partial charge >= 0.3 is 0 Å². The number of benzene rings is 2. The number of carbonyl (C=O) groups excluding carboxylic acids is 1. The molecule has 166 valence electrons. The predicted molar refractivity (Wildman–Crippen MR) is 123 cm³/mol. The number of hydrogen-bond acceptors (Lipinski definition) is 4. The summed E-state index contributed by atoms with van der Waals surface area (Å²) in [6.07, 6.45) is 1.78. The molecule has 2 saturated heterocycles. The molecule has 0 bridgehead atoms. The fraction of sp³-hybridized carbons (Fsp3) is 0.458. The standard InChI is InChI=1S/C24H31N3O3S/c1-18-7-6-8-23(20(18)3)25-13-15-26(16-14-25)24(28)22-17-21(10-9-19(22)2)31(29,30)27-11-4-5-12-27/h6-10,17H,4-5,11-16H2,1-3H3. The van der Waals surface area contributed by atoms with E-state index in [9.17, 15) is 13.2 Å². The summed E-state index contributed by atoms with van der Waals surface area (Å²) in [6.45, 7) is 10.00. The van der Waals surface area contributed by atoms with Crippen LogP contribution in [0.4, 0.5) is 5.69 Å². The van der Waals surface area contributed by atoms with Crippen molar-refractivity contribution >= 4 is 21.6 Å². The quantitative estimate of drug-likeness (QED) is 0.730. The molecule has 2 aromatic carbocycles. The maximum atomic E-state index is 13.3. The molecule has 2 fully saturated rings. The van der Waals surface area contributed by atoms with Gasteiger partial charge in [0.1, 0.15) is 0 Å². The number of nitrogens with zero attached hydrogens (tertiary/aromatic N) is 3. The van der Waals surface area contributed by atoms with Crippen LogP contribution in [0.1, 0.15) is 39.9 Å². The third-order valence-electron chi connectivity index (χ3n) is 6.63. The molecule has 2 aromatic rings. The monoisotopic (exact) mass is 441 g/mol. The molecule has 0 atom stereocenters. The average molecular weight is 442 g/mol. The average Bonchev–Trinajstić information content (AvgIpc) is 3.31. The second-order valence-corrected chi connectivity index (χ2v) is 10.5. The van der Waals surface area contributed by atoms with Gasteiger partial charge in [-0.15, -0.1) is 0 Å². The van der Waals surface area contributed by atoms with E-state index >= 15 is 0 Å². The number of carbonyl (C=O) groups is 1. The minimum Gasteiger partial charge on any atom is -0.368 e. The van der Waals surface area contributed by atoms with Crippen LogP contribution >= 0.6 is 0 Å². The maximum Gasteiger partial charge on any atom is 0.254 e. The van der Waals surface area contributed by atoms with Gasteiger partial charge < -0.3 is 9.80 Å². The summed E-state index contributed by atoms with van der Waals surface area (Å²) >= 11 is 0. The molecule has 2 heterocycles. The Morgan fingerprint density at radius 2 is 1.52 bits per heavy atom. The molecule has 0 spiro atoms. The summed E-state index contributed by atoms with van der Waals surface area (Å²) in [5, 5.41) is 0. The maximum absolute atomic E-state index is 13.3. The van der Waals surface area contributed by atoms with Crippen molar-refractivity contribution in [1.29, 1.82) is 0 Å². The molecule has 1 amide bonds. The Balaban J connectivity index is 1.51. The summed E-state index contributed by atoms with van der Waals surface area (Å²) in [6, 6.07) is 11.3. The largest absolute Gasteiger partial charge is 0.368 e. The summed E-state index contributed by atoms with van der Waals surface area (Å²) in [5.41, 5.74) is 5.06. The van der Waals surface area contributed by atoms with E-state index in [-0.39, 0.29) is 10.8 Å². The lowest BCUT2D eigenvalue weighted by Gasteiger charge is -2.37. The molecule has 2 aliphatic heterocycles. The highest BCUT2D eigenvalue weighted by Gasteiger charge is 2.29. The zero-order chi connectivity index (χ0) is 22.2. The summed E-state index contributed by atoms with van der Waals surface area (Å²) in [4.78, 5) is 17.7. The Morgan fingerprint density at radius 3 is 2.19 bits per heavy atom. The summed E-state index contributed by atoms with van der Waals surface area (Å²) in [7, 11) is -3.54. The highest BCUT2D eigenvalue weighted by Crippen LogP contribution is 2.26. The van der Waals surface area contributed by atoms with E-state index < -0.39 is 10.0 Å². The number of rotatable bonds is 4. The van der Waals surface area contributed by atoms with Crippen molar-refractivity contribution in [2.75, 3.05) is 44.2 Å². The van der Waals surface area contributed by atoms with Crippen molar-refractivity contribution in [1.82, 2.24) is 9.21 Å². The van der Waals surface area contributed by atoms with Crippen LogP contribution in [0.25, 0.3) is 0 Å². The van der Waals surface area contributed by atoms with E-state index in [2.05, 4.69) is 36.9 Å². The van der Waals surface area contributed by atoms with Gasteiger partial charge in [-0.25, -0.2) is 8.42 Å². The normalized spacial score (nSPS) is 17.9. The fourth-order valence-electron chi connectivity index (χ4n) is 4.47. The lowest BCUT2D eigenvalue weighted by molar-refractivity contribution is 0.0745. The Bertz CT molecular complexity index is 1080. The lowest BCUT2D eigenvalue weighted by Crippen LogP contribution is -2.49. The van der Waals surface area contributed by atoms with E-state index in [0.29, 0.717) is 31.7 Å². The first-order valence-corrected chi connectivity index (χ1v) is 12.4. The molecule has 0 saturated carbocycles. The van der Waals surface area contributed by atoms with Crippen LogP contribution in [0.3, 0.4) is 0 Å². The minimum absolute atomic E-state index is 0.0865. The molecule has 0 radical (unpaired) electrons. The lowest BCUT2D eigenvalue weighted by atomic mass is 10.1. The number of piperazine rings is 1. The second kappa shape index (κ2) is 8.63. The van der Waals surface area contributed by atoms with Crippen molar-refractivity contribution in [3.05, 3.63) is 58.7 Å². The van der Waals surface area contributed by atoms with Crippen molar-refractivity contribution in [3.8, 4) is 0 Å². The van der Waals surface area contributed by atoms with Gasteiger partial charge in [0.25, 0.3) is 5.91 Å². The number of amides is 1. The SMILES string of the molecule is Cc1ccc(S(=O)(=O)N2CCCC2)cc1C(=O)N1CCN(c2cccc(C)c2C)CC1. The van der Waals surface area contributed by atoms with Crippen molar-refractivity contribution < 1.29 is 13.2 Å². The molecule has 31 heavy (non-hydrogen) atoms. The van der Waals surface area contributed by atoms with Gasteiger partial charge in [-0.3, -0.25) is 4.79 Å². The van der Waals surface area contributed by atoms with Gasteiger partial charge in [0, 0.05) is 50.5 Å². The first kappa shape index (κ1) is 21.8. The molecule has 0 aromatic heterocycles. The first-order chi connectivity index (χ1) is 14.8. The van der Waals surface area contributed by atoms with Crippen LogP contribution in [-0.4, -0.2) is 62.8 Å². The topological polar surface area (TPSA) is 60.9 Å². The van der Waals surface area contributed by atoms with Crippen LogP contribution in [0, 0.1) is 20.8 Å². The Kier molecular flexibility index (Phi) is 6.08. The van der Waals surface area contributed by atoms with Crippen molar-refractivity contribution in [2.24, 2.45) is 0 Å². The van der Waals surface area contributed by atoms with Gasteiger partial charge in [-0.1, -0.05) is 18.2 Å². The van der Waals surface area contributed by atoms with E-state index in [4.69, 9.17) is 0 Å². The summed E-state index contributed by atoms with van der Waals surface area (Å²) < 4.78 is 27.4. The second-order valence-electron chi connectivity index (χ2n) is 8.59. The summed E-state index contributed by atoms with van der Waals surface area (Å²) in [5.74, 6) is -0.0865. The molecule has 0 aliphatic carbocycles. The van der Waals surface area contributed by atoms with Gasteiger partial charge in [0.15, 0.2) is 0 Å². The Morgan fingerprint density at radius 1 is 0.839 bits per heavy atom. The molecule has 7 heteroatoms. The highest BCUT2D eigenvalue weighted by atomic mass is 32.2. The number of aryl methyl sites for hydroxylation is 2. The Hall–Kier alpha value is -2.38.